The monoisotopic (exact) mass is 415 g/mol. The Morgan fingerprint density at radius 2 is 1.61 bits per heavy atom. The zero-order valence-electron chi connectivity index (χ0n) is 14.9. The minimum Gasteiger partial charge on any atom is -0.406 e. The molecule has 3 rings (SSSR count). The molecule has 0 bridgehead atoms. The number of carbonyl (C=O) groups excluding carboxylic acids is 1. The molecule has 2 aromatic rings. The minimum absolute atomic E-state index is 0.219. The number of benzene rings is 2. The molecule has 1 aliphatic rings. The maximum Gasteiger partial charge on any atom is 0.573 e. The van der Waals surface area contributed by atoms with Crippen LogP contribution in [-0.2, 0) is 4.79 Å². The van der Waals surface area contributed by atoms with Crippen LogP contribution in [0.2, 0.25) is 0 Å². The first-order valence-corrected chi connectivity index (χ1v) is 9.03. The molecule has 0 aromatic heterocycles. The highest BCUT2D eigenvalue weighted by molar-refractivity contribution is 7.97. The van der Waals surface area contributed by atoms with Crippen LogP contribution in [0.1, 0.15) is 0 Å². The van der Waals surface area contributed by atoms with Gasteiger partial charge in [-0.3, -0.25) is 10.7 Å². The standard InChI is InChI=1S/C17H18F3N3O2S.CH2O/c18-17(19,20)25-14-7-5-13(6-8-14)22-9-11-23(12-10-22)26-16-4-2-1-3-15(16)21-24;1-2/h1-8,21,24H,9-12H2;1H2. The molecule has 2 N–H and O–H groups in total. The molecule has 1 aliphatic heterocycles. The third-order valence-electron chi connectivity index (χ3n) is 3.91. The van der Waals surface area contributed by atoms with Gasteiger partial charge in [0, 0.05) is 36.8 Å². The van der Waals surface area contributed by atoms with E-state index in [4.69, 9.17) is 10.0 Å². The van der Waals surface area contributed by atoms with Gasteiger partial charge in [-0.15, -0.1) is 13.2 Å². The van der Waals surface area contributed by atoms with Gasteiger partial charge in [0.15, 0.2) is 0 Å². The first-order valence-electron chi connectivity index (χ1n) is 8.26. The number of para-hydroxylation sites is 1. The number of nitrogens with one attached hydrogen (secondary N) is 1. The minimum atomic E-state index is -4.68. The van der Waals surface area contributed by atoms with Crippen molar-refractivity contribution < 1.29 is 27.9 Å². The maximum atomic E-state index is 12.2. The Balaban J connectivity index is 0.00000136. The highest BCUT2D eigenvalue weighted by Crippen LogP contribution is 2.31. The second-order valence-corrected chi connectivity index (χ2v) is 6.80. The fourth-order valence-corrected chi connectivity index (χ4v) is 3.65. The number of nitrogens with zero attached hydrogens (tertiary/aromatic N) is 2. The zero-order valence-corrected chi connectivity index (χ0v) is 15.7. The summed E-state index contributed by atoms with van der Waals surface area (Å²) in [6.07, 6.45) is -4.68. The van der Waals surface area contributed by atoms with Gasteiger partial charge in [-0.2, -0.15) is 0 Å². The predicted octanol–water partition coefficient (Wildman–Crippen LogP) is 4.03. The van der Waals surface area contributed by atoms with Gasteiger partial charge in [-0.05, 0) is 48.3 Å². The van der Waals surface area contributed by atoms with Gasteiger partial charge in [0.25, 0.3) is 0 Å². The predicted molar refractivity (Wildman–Crippen MR) is 102 cm³/mol. The number of halogens is 3. The van der Waals surface area contributed by atoms with Crippen LogP contribution < -0.4 is 15.1 Å². The number of hydrogen-bond acceptors (Lipinski definition) is 7. The average Bonchev–Trinajstić information content (AvgIpc) is 2.70. The Kier molecular flexibility index (Phi) is 7.97. The van der Waals surface area contributed by atoms with Crippen molar-refractivity contribution in [3.63, 3.8) is 0 Å². The van der Waals surface area contributed by atoms with Crippen molar-refractivity contribution in [2.24, 2.45) is 0 Å². The van der Waals surface area contributed by atoms with E-state index in [2.05, 4.69) is 19.4 Å². The van der Waals surface area contributed by atoms with Crippen LogP contribution in [-0.4, -0.2) is 48.8 Å². The Morgan fingerprint density at radius 1 is 1.00 bits per heavy atom. The summed E-state index contributed by atoms with van der Waals surface area (Å²) in [4.78, 5) is 11.0. The van der Waals surface area contributed by atoms with Gasteiger partial charge in [0.05, 0.1) is 5.69 Å². The lowest BCUT2D eigenvalue weighted by Crippen LogP contribution is -2.43. The van der Waals surface area contributed by atoms with Crippen LogP contribution in [0.3, 0.4) is 0 Å². The molecular weight excluding hydrogens is 395 g/mol. The van der Waals surface area contributed by atoms with E-state index in [1.807, 2.05) is 25.0 Å². The molecule has 0 atom stereocenters. The molecule has 2 aromatic carbocycles. The summed E-state index contributed by atoms with van der Waals surface area (Å²) in [6.45, 7) is 5.07. The van der Waals surface area contributed by atoms with Crippen LogP contribution in [0.5, 0.6) is 5.75 Å². The van der Waals surface area contributed by atoms with Crippen molar-refractivity contribution in [3.05, 3.63) is 48.5 Å². The number of ether oxygens (including phenoxy) is 1. The first-order chi connectivity index (χ1) is 13.4. The Hall–Kier alpha value is -2.43. The molecule has 1 heterocycles. The first kappa shape index (κ1) is 21.9. The number of alkyl halides is 3. The van der Waals surface area contributed by atoms with Crippen LogP contribution in [0, 0.1) is 0 Å². The molecule has 6 nitrogen and oxygen atoms in total. The fraction of sp³-hybridized carbons (Fsp3) is 0.278. The van der Waals surface area contributed by atoms with Crippen LogP contribution in [0.25, 0.3) is 0 Å². The van der Waals surface area contributed by atoms with Crippen molar-refractivity contribution >= 4 is 30.1 Å². The fourth-order valence-electron chi connectivity index (χ4n) is 2.67. The summed E-state index contributed by atoms with van der Waals surface area (Å²) in [6, 6.07) is 13.4. The number of hydrogen-bond donors (Lipinski definition) is 2. The second kappa shape index (κ2) is 10.2. The van der Waals surface area contributed by atoms with Crippen molar-refractivity contribution in [3.8, 4) is 5.75 Å². The molecule has 0 saturated carbocycles. The molecule has 0 unspecified atom stereocenters. The van der Waals surface area contributed by atoms with Gasteiger partial charge in [0.1, 0.15) is 12.5 Å². The highest BCUT2D eigenvalue weighted by Gasteiger charge is 2.31. The van der Waals surface area contributed by atoms with Crippen molar-refractivity contribution in [2.45, 2.75) is 11.3 Å². The molecule has 0 amide bonds. The lowest BCUT2D eigenvalue weighted by atomic mass is 10.2. The summed E-state index contributed by atoms with van der Waals surface area (Å²) in [5, 5.41) is 9.16. The van der Waals surface area contributed by atoms with E-state index < -0.39 is 6.36 Å². The quantitative estimate of drug-likeness (QED) is 0.565. The summed E-state index contributed by atoms with van der Waals surface area (Å²) in [7, 11) is 0. The second-order valence-electron chi connectivity index (χ2n) is 5.66. The van der Waals surface area contributed by atoms with E-state index in [-0.39, 0.29) is 5.75 Å². The van der Waals surface area contributed by atoms with E-state index in [0.29, 0.717) is 5.69 Å². The number of anilines is 2. The van der Waals surface area contributed by atoms with Gasteiger partial charge >= 0.3 is 6.36 Å². The number of carbonyl (C=O) groups is 1. The molecule has 0 spiro atoms. The Morgan fingerprint density at radius 3 is 2.18 bits per heavy atom. The lowest BCUT2D eigenvalue weighted by Gasteiger charge is -2.35. The van der Waals surface area contributed by atoms with Gasteiger partial charge < -0.3 is 14.4 Å². The molecule has 0 aliphatic carbocycles. The Bertz CT molecular complexity index is 739. The van der Waals surface area contributed by atoms with Gasteiger partial charge in [0.2, 0.25) is 0 Å². The van der Waals surface area contributed by atoms with Crippen LogP contribution >= 0.6 is 11.9 Å². The molecule has 152 valence electrons. The summed E-state index contributed by atoms with van der Waals surface area (Å²) in [5.74, 6) is -0.219. The van der Waals surface area contributed by atoms with E-state index in [1.165, 1.54) is 12.1 Å². The molecule has 0 radical (unpaired) electrons. The van der Waals surface area contributed by atoms with Gasteiger partial charge in [-0.1, -0.05) is 12.1 Å². The highest BCUT2D eigenvalue weighted by atomic mass is 32.2. The molecule has 1 fully saturated rings. The molecule has 28 heavy (non-hydrogen) atoms. The zero-order chi connectivity index (χ0) is 20.6. The summed E-state index contributed by atoms with van der Waals surface area (Å²) in [5.41, 5.74) is 3.71. The van der Waals surface area contributed by atoms with Crippen LogP contribution in [0.4, 0.5) is 24.5 Å². The topological polar surface area (TPSA) is 65.0 Å². The smallest absolute Gasteiger partial charge is 0.406 e. The molecule has 10 heteroatoms. The third kappa shape index (κ3) is 6.32. The van der Waals surface area contributed by atoms with Crippen molar-refractivity contribution in [1.82, 2.24) is 4.31 Å². The summed E-state index contributed by atoms with van der Waals surface area (Å²) >= 11 is 1.56. The molecular formula is C18H20F3N3O3S. The van der Waals surface area contributed by atoms with E-state index >= 15 is 0 Å². The van der Waals surface area contributed by atoms with Crippen molar-refractivity contribution in [1.29, 1.82) is 0 Å². The lowest BCUT2D eigenvalue weighted by molar-refractivity contribution is -0.274. The number of rotatable bonds is 5. The van der Waals surface area contributed by atoms with E-state index in [9.17, 15) is 13.2 Å². The van der Waals surface area contributed by atoms with E-state index in [0.717, 1.165) is 36.8 Å². The number of piperazine rings is 1. The average molecular weight is 415 g/mol. The summed E-state index contributed by atoms with van der Waals surface area (Å²) < 4.78 is 42.7. The van der Waals surface area contributed by atoms with Gasteiger partial charge in [-0.25, -0.2) is 4.31 Å². The maximum absolute atomic E-state index is 12.2. The SMILES string of the molecule is C=O.ONc1ccccc1SN1CCN(c2ccc(OC(F)(F)F)cc2)CC1. The third-order valence-corrected chi connectivity index (χ3v) is 5.09. The van der Waals surface area contributed by atoms with Crippen molar-refractivity contribution in [2.75, 3.05) is 36.6 Å². The molecule has 1 saturated heterocycles. The van der Waals surface area contributed by atoms with E-state index in [1.54, 1.807) is 30.1 Å². The largest absolute Gasteiger partial charge is 0.573 e. The normalized spacial score (nSPS) is 14.8. The van der Waals surface area contributed by atoms with Crippen LogP contribution in [0.15, 0.2) is 53.4 Å². The Labute approximate surface area is 165 Å².